The number of benzene rings is 1. The molecule has 1 aliphatic rings. The Labute approximate surface area is 88.4 Å². The predicted molar refractivity (Wildman–Crippen MR) is 57.0 cm³/mol. The van der Waals surface area contributed by atoms with E-state index in [1.807, 2.05) is 0 Å². The molecule has 2 rings (SSSR count). The van der Waals surface area contributed by atoms with Crippen LogP contribution in [0.3, 0.4) is 0 Å². The van der Waals surface area contributed by atoms with Crippen molar-refractivity contribution >= 4 is 11.6 Å². The van der Waals surface area contributed by atoms with Gasteiger partial charge in [-0.2, -0.15) is 0 Å². The molecular weight excluding hydrogens is 190 g/mol. The van der Waals surface area contributed by atoms with Gasteiger partial charge in [-0.25, -0.2) is 0 Å². The Bertz CT molecular complexity index is 383. The molecule has 0 bridgehead atoms. The third kappa shape index (κ3) is 1.88. The zero-order chi connectivity index (χ0) is 10.7. The molecule has 0 aliphatic carbocycles. The first kappa shape index (κ1) is 9.83. The molecule has 78 valence electrons. The Morgan fingerprint density at radius 1 is 1.27 bits per heavy atom. The molecular formula is C11H12N3O-. The maximum absolute atomic E-state index is 12.0. The second-order valence-corrected chi connectivity index (χ2v) is 3.62. The lowest BCUT2D eigenvalue weighted by Gasteiger charge is -2.16. The quantitative estimate of drug-likeness (QED) is 0.680. The lowest BCUT2D eigenvalue weighted by Crippen LogP contribution is -2.27. The first-order valence-corrected chi connectivity index (χ1v) is 5.06. The molecule has 1 saturated heterocycles. The van der Waals surface area contributed by atoms with Crippen molar-refractivity contribution in [3.8, 4) is 0 Å². The Kier molecular flexibility index (Phi) is 2.76. The van der Waals surface area contributed by atoms with Crippen LogP contribution in [0.2, 0.25) is 0 Å². The van der Waals surface area contributed by atoms with E-state index in [9.17, 15) is 4.79 Å². The topological polar surface area (TPSA) is 55.0 Å². The van der Waals surface area contributed by atoms with Gasteiger partial charge in [0.15, 0.2) is 0 Å². The zero-order valence-electron chi connectivity index (χ0n) is 8.39. The van der Waals surface area contributed by atoms with E-state index < -0.39 is 0 Å². The Morgan fingerprint density at radius 3 is 2.60 bits per heavy atom. The van der Waals surface area contributed by atoms with Gasteiger partial charge < -0.3 is 15.5 Å². The van der Waals surface area contributed by atoms with Crippen LogP contribution in [0.4, 0.5) is 5.69 Å². The number of carbonyl (C=O) groups is 1. The minimum atomic E-state index is -0.0408. The predicted octanol–water partition coefficient (Wildman–Crippen LogP) is 2.58. The lowest BCUT2D eigenvalue weighted by atomic mass is 10.1. The van der Waals surface area contributed by atoms with Gasteiger partial charge in [0, 0.05) is 13.1 Å². The van der Waals surface area contributed by atoms with Crippen LogP contribution < -0.4 is 0 Å². The van der Waals surface area contributed by atoms with Gasteiger partial charge in [-0.15, -0.1) is 0 Å². The molecule has 0 unspecified atom stereocenters. The third-order valence-electron chi connectivity index (χ3n) is 2.64. The highest BCUT2D eigenvalue weighted by atomic mass is 16.2. The number of hydrogen-bond donors (Lipinski definition) is 0. The summed E-state index contributed by atoms with van der Waals surface area (Å²) in [7, 11) is 0. The molecule has 0 aromatic heterocycles. The molecule has 4 heteroatoms. The van der Waals surface area contributed by atoms with E-state index in [2.05, 4.69) is 5.11 Å². The van der Waals surface area contributed by atoms with Crippen LogP contribution in [-0.4, -0.2) is 23.9 Å². The summed E-state index contributed by atoms with van der Waals surface area (Å²) in [6.45, 7) is 1.61. The van der Waals surface area contributed by atoms with Crippen molar-refractivity contribution in [2.75, 3.05) is 13.1 Å². The van der Waals surface area contributed by atoms with Crippen molar-refractivity contribution in [2.45, 2.75) is 12.8 Å². The fourth-order valence-electron chi connectivity index (χ4n) is 1.83. The van der Waals surface area contributed by atoms with Crippen molar-refractivity contribution in [3.05, 3.63) is 35.4 Å². The molecule has 1 aromatic rings. The first-order valence-electron chi connectivity index (χ1n) is 5.06. The van der Waals surface area contributed by atoms with Crippen molar-refractivity contribution < 1.29 is 4.79 Å². The second kappa shape index (κ2) is 4.21. The number of likely N-dealkylation sites (tertiary alicyclic amines) is 1. The van der Waals surface area contributed by atoms with Crippen molar-refractivity contribution in [1.29, 1.82) is 0 Å². The molecule has 0 spiro atoms. The molecule has 1 amide bonds. The minimum Gasteiger partial charge on any atom is -0.706 e. The van der Waals surface area contributed by atoms with Crippen LogP contribution >= 0.6 is 0 Å². The van der Waals surface area contributed by atoms with Gasteiger partial charge in [-0.3, -0.25) is 4.79 Å². The third-order valence-corrected chi connectivity index (χ3v) is 2.64. The number of hydrogen-bond acceptors (Lipinski definition) is 2. The zero-order valence-corrected chi connectivity index (χ0v) is 8.39. The van der Waals surface area contributed by atoms with Gasteiger partial charge in [0.1, 0.15) is 0 Å². The maximum atomic E-state index is 12.0. The largest absolute Gasteiger partial charge is 0.706 e. The summed E-state index contributed by atoms with van der Waals surface area (Å²) in [5, 5.41) is 3.12. The molecule has 1 aromatic carbocycles. The highest BCUT2D eigenvalue weighted by Crippen LogP contribution is 2.22. The van der Waals surface area contributed by atoms with Gasteiger partial charge >= 0.3 is 0 Å². The van der Waals surface area contributed by atoms with Gasteiger partial charge in [0.05, 0.1) is 11.3 Å². The Hall–Kier alpha value is -1.71. The molecule has 1 heterocycles. The summed E-state index contributed by atoms with van der Waals surface area (Å²) in [5.41, 5.74) is 9.58. The van der Waals surface area contributed by atoms with E-state index >= 15 is 0 Å². The highest BCUT2D eigenvalue weighted by molar-refractivity contribution is 5.99. The summed E-state index contributed by atoms with van der Waals surface area (Å²) < 4.78 is 0. The van der Waals surface area contributed by atoms with E-state index in [0.29, 0.717) is 11.3 Å². The van der Waals surface area contributed by atoms with Gasteiger partial charge in [-0.1, -0.05) is 12.1 Å². The van der Waals surface area contributed by atoms with Crippen molar-refractivity contribution in [3.63, 3.8) is 0 Å². The smallest absolute Gasteiger partial charge is 0.255 e. The molecule has 0 atom stereocenters. The molecule has 4 nitrogen and oxygen atoms in total. The second-order valence-electron chi connectivity index (χ2n) is 3.62. The standard InChI is InChI=1S/C11H12N3O/c12-13-10-6-2-1-5-9(10)11(15)14-7-3-4-8-14/h1-2,5-6H,3-4,7-8H2/q-1. The fraction of sp³-hybridized carbons (Fsp3) is 0.364. The SMILES string of the molecule is [N-]=Nc1ccccc1C(=O)N1CCCC1. The van der Waals surface area contributed by atoms with E-state index in [-0.39, 0.29) is 5.91 Å². The fourth-order valence-corrected chi connectivity index (χ4v) is 1.83. The van der Waals surface area contributed by atoms with Crippen LogP contribution in [-0.2, 0) is 0 Å². The van der Waals surface area contributed by atoms with Gasteiger partial charge in [0.2, 0.25) is 0 Å². The van der Waals surface area contributed by atoms with Crippen molar-refractivity contribution in [2.24, 2.45) is 5.11 Å². The average molecular weight is 202 g/mol. The number of nitrogens with zero attached hydrogens (tertiary/aromatic N) is 3. The summed E-state index contributed by atoms with van der Waals surface area (Å²) in [4.78, 5) is 13.8. The highest BCUT2D eigenvalue weighted by Gasteiger charge is 2.20. The first-order chi connectivity index (χ1) is 7.33. The van der Waals surface area contributed by atoms with Crippen LogP contribution in [0.1, 0.15) is 23.2 Å². The number of carbonyl (C=O) groups excluding carboxylic acids is 1. The molecule has 1 fully saturated rings. The minimum absolute atomic E-state index is 0.0408. The van der Waals surface area contributed by atoms with Crippen LogP contribution in [0, 0.1) is 0 Å². The van der Waals surface area contributed by atoms with Gasteiger partial charge in [0.25, 0.3) is 5.91 Å². The molecule has 0 radical (unpaired) electrons. The van der Waals surface area contributed by atoms with E-state index in [4.69, 9.17) is 5.53 Å². The Balaban J connectivity index is 2.27. The van der Waals surface area contributed by atoms with Gasteiger partial charge in [-0.05, 0) is 25.0 Å². The van der Waals surface area contributed by atoms with E-state index in [0.717, 1.165) is 25.9 Å². The summed E-state index contributed by atoms with van der Waals surface area (Å²) >= 11 is 0. The van der Waals surface area contributed by atoms with E-state index in [1.54, 1.807) is 29.2 Å². The molecule has 15 heavy (non-hydrogen) atoms. The molecule has 1 aliphatic heterocycles. The van der Waals surface area contributed by atoms with Crippen molar-refractivity contribution in [1.82, 2.24) is 4.90 Å². The number of amides is 1. The summed E-state index contributed by atoms with van der Waals surface area (Å²) in [6.07, 6.45) is 2.12. The monoisotopic (exact) mass is 202 g/mol. The van der Waals surface area contributed by atoms with Crippen LogP contribution in [0.25, 0.3) is 5.53 Å². The summed E-state index contributed by atoms with van der Waals surface area (Å²) in [5.74, 6) is -0.0408. The number of rotatable bonds is 2. The molecule has 0 saturated carbocycles. The Morgan fingerprint density at radius 2 is 1.93 bits per heavy atom. The normalized spacial score (nSPS) is 15.3. The lowest BCUT2D eigenvalue weighted by molar-refractivity contribution is 0.0793. The molecule has 0 N–H and O–H groups in total. The maximum Gasteiger partial charge on any atom is 0.255 e. The van der Waals surface area contributed by atoms with Crippen LogP contribution in [0.5, 0.6) is 0 Å². The average Bonchev–Trinajstić information content (AvgIpc) is 2.81. The van der Waals surface area contributed by atoms with E-state index in [1.165, 1.54) is 0 Å². The summed E-state index contributed by atoms with van der Waals surface area (Å²) in [6, 6.07) is 6.84. The van der Waals surface area contributed by atoms with Crippen LogP contribution in [0.15, 0.2) is 29.4 Å².